The molecular weight excluding hydrogens is 512 g/mol. The smallest absolute Gasteiger partial charge is 0.216 e. The molecule has 0 bridgehead atoms. The molecule has 0 radical (unpaired) electrons. The zero-order chi connectivity index (χ0) is 27.4. The van der Waals surface area contributed by atoms with E-state index in [1.165, 1.54) is 17.9 Å². The summed E-state index contributed by atoms with van der Waals surface area (Å²) in [5, 5.41) is 13.1. The van der Waals surface area contributed by atoms with E-state index < -0.39 is 0 Å². The topological polar surface area (TPSA) is 97.2 Å². The SMILES string of the molecule is CC(=O)NCCc1ccc2cc[nH]c2c1.COc1ccc2c(c1)C(c1ccc(Cl)cc1)=NCc1nnc(C)n1-2. The van der Waals surface area contributed by atoms with Crippen LogP contribution in [0, 0.1) is 6.92 Å². The van der Waals surface area contributed by atoms with Crippen molar-refractivity contribution < 1.29 is 9.53 Å². The highest BCUT2D eigenvalue weighted by molar-refractivity contribution is 6.30. The minimum absolute atomic E-state index is 0.0240. The van der Waals surface area contributed by atoms with Crippen molar-refractivity contribution >= 4 is 34.1 Å². The molecule has 0 saturated heterocycles. The van der Waals surface area contributed by atoms with E-state index in [1.807, 2.05) is 66.2 Å². The maximum absolute atomic E-state index is 10.7. The summed E-state index contributed by atoms with van der Waals surface area (Å²) in [5.74, 6) is 2.47. The summed E-state index contributed by atoms with van der Waals surface area (Å²) < 4.78 is 7.45. The van der Waals surface area contributed by atoms with Gasteiger partial charge in [-0.1, -0.05) is 35.9 Å². The van der Waals surface area contributed by atoms with Crippen LogP contribution in [0.1, 0.15) is 35.3 Å². The van der Waals surface area contributed by atoms with Crippen molar-refractivity contribution in [3.63, 3.8) is 0 Å². The molecule has 1 amide bonds. The summed E-state index contributed by atoms with van der Waals surface area (Å²) >= 11 is 6.02. The molecule has 2 N–H and O–H groups in total. The second-order valence-electron chi connectivity index (χ2n) is 9.19. The number of H-pyrrole nitrogens is 1. The number of nitrogens with one attached hydrogen (secondary N) is 2. The summed E-state index contributed by atoms with van der Waals surface area (Å²) in [6.45, 7) is 4.64. The number of benzene rings is 3. The Bertz CT molecular complexity index is 1650. The number of carbonyl (C=O) groups excluding carboxylic acids is 1. The molecule has 0 spiro atoms. The van der Waals surface area contributed by atoms with Crippen LogP contribution in [-0.2, 0) is 17.8 Å². The van der Waals surface area contributed by atoms with Crippen molar-refractivity contribution in [1.82, 2.24) is 25.1 Å². The van der Waals surface area contributed by atoms with E-state index in [2.05, 4.69) is 38.7 Å². The zero-order valence-corrected chi connectivity index (χ0v) is 22.8. The Morgan fingerprint density at radius 1 is 1.08 bits per heavy atom. The molecule has 0 unspecified atom stereocenters. The lowest BCUT2D eigenvalue weighted by Crippen LogP contribution is -2.22. The van der Waals surface area contributed by atoms with E-state index in [1.54, 1.807) is 7.11 Å². The van der Waals surface area contributed by atoms with E-state index in [0.29, 0.717) is 18.1 Å². The Balaban J connectivity index is 0.000000177. The lowest BCUT2D eigenvalue weighted by molar-refractivity contribution is -0.118. The van der Waals surface area contributed by atoms with Gasteiger partial charge in [0.1, 0.15) is 18.1 Å². The van der Waals surface area contributed by atoms with Gasteiger partial charge < -0.3 is 15.0 Å². The number of aromatic amines is 1. The van der Waals surface area contributed by atoms with Crippen LogP contribution < -0.4 is 10.1 Å². The van der Waals surface area contributed by atoms with Gasteiger partial charge in [0.15, 0.2) is 5.82 Å². The third-order valence-corrected chi connectivity index (χ3v) is 6.75. The maximum Gasteiger partial charge on any atom is 0.216 e. The quantitative estimate of drug-likeness (QED) is 0.310. The number of ether oxygens (including phenoxy) is 1. The number of hydrogen-bond donors (Lipinski definition) is 2. The number of aryl methyl sites for hydroxylation is 1. The lowest BCUT2D eigenvalue weighted by Gasteiger charge is -2.14. The molecule has 0 fully saturated rings. The predicted octanol–water partition coefficient (Wildman–Crippen LogP) is 5.44. The first-order chi connectivity index (χ1) is 18.9. The molecule has 198 valence electrons. The molecule has 3 heterocycles. The molecule has 0 aliphatic carbocycles. The number of amides is 1. The van der Waals surface area contributed by atoms with E-state index in [-0.39, 0.29) is 5.91 Å². The second kappa shape index (κ2) is 11.5. The number of aromatic nitrogens is 4. The van der Waals surface area contributed by atoms with Gasteiger partial charge in [0.05, 0.1) is 18.5 Å². The maximum atomic E-state index is 10.7. The highest BCUT2D eigenvalue weighted by Crippen LogP contribution is 2.29. The third-order valence-electron chi connectivity index (χ3n) is 6.49. The Kier molecular flexibility index (Phi) is 7.74. The Morgan fingerprint density at radius 3 is 2.67 bits per heavy atom. The number of methoxy groups -OCH3 is 1. The normalized spacial score (nSPS) is 11.9. The largest absolute Gasteiger partial charge is 0.497 e. The minimum atomic E-state index is 0.0240. The number of carbonyl (C=O) groups is 1. The fourth-order valence-corrected chi connectivity index (χ4v) is 4.70. The van der Waals surface area contributed by atoms with Crippen LogP contribution in [0.3, 0.4) is 0 Å². The molecule has 0 saturated carbocycles. The molecule has 39 heavy (non-hydrogen) atoms. The van der Waals surface area contributed by atoms with Crippen molar-refractivity contribution in [2.45, 2.75) is 26.8 Å². The highest BCUT2D eigenvalue weighted by Gasteiger charge is 2.22. The van der Waals surface area contributed by atoms with Crippen molar-refractivity contribution in [1.29, 1.82) is 0 Å². The molecular formula is C30H29ClN6O2. The van der Waals surface area contributed by atoms with Crippen LogP contribution in [0.25, 0.3) is 16.6 Å². The van der Waals surface area contributed by atoms with Crippen molar-refractivity contribution in [2.75, 3.05) is 13.7 Å². The second-order valence-corrected chi connectivity index (χ2v) is 9.62. The molecule has 2 aromatic heterocycles. The molecule has 1 aliphatic rings. The summed E-state index contributed by atoms with van der Waals surface area (Å²) in [4.78, 5) is 18.6. The van der Waals surface area contributed by atoms with E-state index in [9.17, 15) is 4.79 Å². The fraction of sp³-hybridized carbons (Fsp3) is 0.200. The van der Waals surface area contributed by atoms with E-state index in [4.69, 9.17) is 21.3 Å². The van der Waals surface area contributed by atoms with Crippen molar-refractivity contribution in [2.24, 2.45) is 4.99 Å². The summed E-state index contributed by atoms with van der Waals surface area (Å²) in [6, 6.07) is 22.0. The number of rotatable bonds is 5. The van der Waals surface area contributed by atoms with E-state index >= 15 is 0 Å². The van der Waals surface area contributed by atoms with Crippen LogP contribution in [0.2, 0.25) is 5.02 Å². The lowest BCUT2D eigenvalue weighted by atomic mass is 10.00. The summed E-state index contributed by atoms with van der Waals surface area (Å²) in [6.07, 6.45) is 2.80. The molecule has 6 rings (SSSR count). The zero-order valence-electron chi connectivity index (χ0n) is 22.0. The fourth-order valence-electron chi connectivity index (χ4n) is 4.57. The van der Waals surface area contributed by atoms with Gasteiger partial charge in [-0.05, 0) is 66.8 Å². The standard InChI is InChI=1S/C18H15ClN4O.C12H14N2O/c1-11-21-22-17-10-20-18(12-3-5-13(19)6-4-12)15-9-14(24-2)7-8-16(15)23(11)17;1-9(15)13-6-4-10-2-3-11-5-7-14-12(11)8-10/h3-9H,10H2,1-2H3;2-3,5,7-8,14H,4,6H2,1H3,(H,13,15). The van der Waals surface area contributed by atoms with Gasteiger partial charge in [0, 0.05) is 41.3 Å². The van der Waals surface area contributed by atoms with Gasteiger partial charge in [-0.15, -0.1) is 10.2 Å². The highest BCUT2D eigenvalue weighted by atomic mass is 35.5. The number of aliphatic imine (C=N–C) groups is 1. The van der Waals surface area contributed by atoms with Crippen LogP contribution in [0.4, 0.5) is 0 Å². The van der Waals surface area contributed by atoms with Gasteiger partial charge in [0.25, 0.3) is 0 Å². The molecule has 0 atom stereocenters. The van der Waals surface area contributed by atoms with E-state index in [0.717, 1.165) is 51.9 Å². The first-order valence-electron chi connectivity index (χ1n) is 12.6. The third kappa shape index (κ3) is 5.86. The molecule has 1 aliphatic heterocycles. The Labute approximate surface area is 231 Å². The van der Waals surface area contributed by atoms with Gasteiger partial charge >= 0.3 is 0 Å². The van der Waals surface area contributed by atoms with Gasteiger partial charge in [0.2, 0.25) is 5.91 Å². The molecule has 5 aromatic rings. The van der Waals surface area contributed by atoms with Gasteiger partial charge in [-0.3, -0.25) is 14.4 Å². The van der Waals surface area contributed by atoms with Crippen LogP contribution in [0.5, 0.6) is 5.75 Å². The first kappa shape index (κ1) is 26.2. The Morgan fingerprint density at radius 2 is 1.90 bits per heavy atom. The monoisotopic (exact) mass is 540 g/mol. The van der Waals surface area contributed by atoms with Gasteiger partial charge in [-0.25, -0.2) is 0 Å². The number of hydrogen-bond acceptors (Lipinski definition) is 5. The van der Waals surface area contributed by atoms with Crippen molar-refractivity contribution in [3.8, 4) is 11.4 Å². The summed E-state index contributed by atoms with van der Waals surface area (Å²) in [5.41, 5.74) is 6.27. The average molecular weight is 541 g/mol. The summed E-state index contributed by atoms with van der Waals surface area (Å²) in [7, 11) is 1.66. The van der Waals surface area contributed by atoms with Gasteiger partial charge in [-0.2, -0.15) is 0 Å². The molecule has 3 aromatic carbocycles. The van der Waals surface area contributed by atoms with Crippen molar-refractivity contribution in [3.05, 3.63) is 106 Å². The van der Waals surface area contributed by atoms with Crippen LogP contribution in [0.15, 0.2) is 77.9 Å². The molecule has 9 heteroatoms. The minimum Gasteiger partial charge on any atom is -0.497 e. The number of nitrogens with zero attached hydrogens (tertiary/aromatic N) is 4. The van der Waals surface area contributed by atoms with Crippen LogP contribution >= 0.6 is 11.6 Å². The predicted molar refractivity (Wildman–Crippen MR) is 154 cm³/mol. The Hall–Kier alpha value is -4.43. The first-order valence-corrected chi connectivity index (χ1v) is 13.0. The molecule has 8 nitrogen and oxygen atoms in total. The number of halogens is 1. The van der Waals surface area contributed by atoms with Crippen LogP contribution in [-0.4, -0.2) is 45.0 Å². The average Bonchev–Trinajstić information content (AvgIpc) is 3.51. The number of fused-ring (bicyclic) bond motifs is 4.